The first-order valence-corrected chi connectivity index (χ1v) is 8.84. The molecule has 0 spiro atoms. The summed E-state index contributed by atoms with van der Waals surface area (Å²) in [4.78, 5) is 14.7. The molecule has 1 aliphatic rings. The van der Waals surface area contributed by atoms with E-state index < -0.39 is 0 Å². The molecular weight excluding hydrogens is 328 g/mol. The van der Waals surface area contributed by atoms with Crippen molar-refractivity contribution in [2.75, 3.05) is 6.54 Å². The van der Waals surface area contributed by atoms with Gasteiger partial charge in [-0.3, -0.25) is 14.4 Å². The van der Waals surface area contributed by atoms with Gasteiger partial charge in [0.1, 0.15) is 11.5 Å². The van der Waals surface area contributed by atoms with Crippen molar-refractivity contribution in [2.45, 2.75) is 33.1 Å². The van der Waals surface area contributed by atoms with Gasteiger partial charge in [0.25, 0.3) is 5.91 Å². The van der Waals surface area contributed by atoms with E-state index in [0.717, 1.165) is 49.0 Å². The SMILES string of the molecule is Cc1ccc(CN2CCn3nc(C(=O)NCc4ccccc4)cc3C2)o1. The number of carbonyl (C=O) groups excluding carboxylic acids is 1. The van der Waals surface area contributed by atoms with Crippen LogP contribution in [0.1, 0.15) is 33.3 Å². The Morgan fingerprint density at radius 2 is 2.04 bits per heavy atom. The molecule has 1 aliphatic heterocycles. The van der Waals surface area contributed by atoms with Crippen LogP contribution in [-0.4, -0.2) is 27.1 Å². The highest BCUT2D eigenvalue weighted by atomic mass is 16.3. The maximum atomic E-state index is 12.4. The number of benzene rings is 1. The number of nitrogens with zero attached hydrogens (tertiary/aromatic N) is 3. The summed E-state index contributed by atoms with van der Waals surface area (Å²) in [5.74, 6) is 1.76. The first kappa shape index (κ1) is 16.6. The van der Waals surface area contributed by atoms with E-state index >= 15 is 0 Å². The van der Waals surface area contributed by atoms with Gasteiger partial charge in [0.15, 0.2) is 5.69 Å². The van der Waals surface area contributed by atoms with Crippen LogP contribution in [0.2, 0.25) is 0 Å². The van der Waals surface area contributed by atoms with Gasteiger partial charge in [0, 0.05) is 19.6 Å². The Hall–Kier alpha value is -2.86. The van der Waals surface area contributed by atoms with Crippen LogP contribution in [0.25, 0.3) is 0 Å². The predicted octanol–water partition coefficient (Wildman–Crippen LogP) is 2.73. The molecule has 0 fully saturated rings. The number of aromatic nitrogens is 2. The van der Waals surface area contributed by atoms with Gasteiger partial charge in [0.05, 0.1) is 18.8 Å². The van der Waals surface area contributed by atoms with Crippen molar-refractivity contribution in [3.63, 3.8) is 0 Å². The first-order valence-electron chi connectivity index (χ1n) is 8.84. The molecule has 134 valence electrons. The van der Waals surface area contributed by atoms with E-state index in [9.17, 15) is 4.79 Å². The normalized spacial score (nSPS) is 14.2. The van der Waals surface area contributed by atoms with Gasteiger partial charge in [-0.25, -0.2) is 0 Å². The lowest BCUT2D eigenvalue weighted by molar-refractivity contribution is 0.0945. The fraction of sp³-hybridized carbons (Fsp3) is 0.300. The number of nitrogens with one attached hydrogen (secondary N) is 1. The molecule has 0 bridgehead atoms. The van der Waals surface area contributed by atoms with Crippen LogP contribution in [-0.2, 0) is 26.2 Å². The van der Waals surface area contributed by atoms with Gasteiger partial charge in [-0.05, 0) is 30.7 Å². The number of furan rings is 1. The Labute approximate surface area is 152 Å². The molecule has 1 aromatic carbocycles. The van der Waals surface area contributed by atoms with Crippen molar-refractivity contribution < 1.29 is 9.21 Å². The molecule has 2 aromatic heterocycles. The summed E-state index contributed by atoms with van der Waals surface area (Å²) >= 11 is 0. The minimum atomic E-state index is -0.135. The molecule has 1 N–H and O–H groups in total. The Kier molecular flexibility index (Phi) is 4.58. The Morgan fingerprint density at radius 3 is 2.81 bits per heavy atom. The van der Waals surface area contributed by atoms with E-state index in [2.05, 4.69) is 15.3 Å². The molecule has 0 aliphatic carbocycles. The Balaban J connectivity index is 1.38. The zero-order valence-electron chi connectivity index (χ0n) is 14.8. The lowest BCUT2D eigenvalue weighted by Crippen LogP contribution is -2.33. The standard InChI is InChI=1S/C20H22N4O2/c1-15-7-8-18(26-15)14-23-9-10-24-17(13-23)11-19(22-24)20(25)21-12-16-5-3-2-4-6-16/h2-8,11H,9-10,12-14H2,1H3,(H,21,25). The van der Waals surface area contributed by atoms with Gasteiger partial charge in [-0.2, -0.15) is 5.10 Å². The van der Waals surface area contributed by atoms with E-state index in [4.69, 9.17) is 4.42 Å². The van der Waals surface area contributed by atoms with Crippen LogP contribution in [0.5, 0.6) is 0 Å². The molecule has 1 amide bonds. The quantitative estimate of drug-likeness (QED) is 0.768. The second-order valence-corrected chi connectivity index (χ2v) is 6.64. The highest BCUT2D eigenvalue weighted by molar-refractivity contribution is 5.92. The van der Waals surface area contributed by atoms with E-state index in [1.165, 1.54) is 0 Å². The summed E-state index contributed by atoms with van der Waals surface area (Å²) in [6.45, 7) is 5.66. The number of hydrogen-bond acceptors (Lipinski definition) is 4. The van der Waals surface area contributed by atoms with Gasteiger partial charge in [-0.15, -0.1) is 0 Å². The zero-order chi connectivity index (χ0) is 17.9. The Morgan fingerprint density at radius 1 is 1.19 bits per heavy atom. The average molecular weight is 350 g/mol. The number of amides is 1. The molecular formula is C20H22N4O2. The van der Waals surface area contributed by atoms with E-state index in [1.807, 2.05) is 60.1 Å². The van der Waals surface area contributed by atoms with Crippen LogP contribution >= 0.6 is 0 Å². The van der Waals surface area contributed by atoms with Crippen molar-refractivity contribution in [1.29, 1.82) is 0 Å². The van der Waals surface area contributed by atoms with Gasteiger partial charge in [-0.1, -0.05) is 30.3 Å². The number of hydrogen-bond donors (Lipinski definition) is 1. The van der Waals surface area contributed by atoms with Crippen LogP contribution in [0.4, 0.5) is 0 Å². The van der Waals surface area contributed by atoms with E-state index in [1.54, 1.807) is 0 Å². The summed E-state index contributed by atoms with van der Waals surface area (Å²) in [7, 11) is 0. The number of aryl methyl sites for hydroxylation is 1. The monoisotopic (exact) mass is 350 g/mol. The van der Waals surface area contributed by atoms with Gasteiger partial charge >= 0.3 is 0 Å². The molecule has 3 heterocycles. The third-order valence-electron chi connectivity index (χ3n) is 4.58. The molecule has 0 radical (unpaired) electrons. The average Bonchev–Trinajstić information content (AvgIpc) is 3.26. The number of rotatable bonds is 5. The lowest BCUT2D eigenvalue weighted by atomic mass is 10.2. The zero-order valence-corrected chi connectivity index (χ0v) is 14.8. The molecule has 0 atom stereocenters. The largest absolute Gasteiger partial charge is 0.465 e. The van der Waals surface area contributed by atoms with Crippen LogP contribution < -0.4 is 5.32 Å². The van der Waals surface area contributed by atoms with E-state index in [-0.39, 0.29) is 5.91 Å². The van der Waals surface area contributed by atoms with Crippen LogP contribution in [0, 0.1) is 6.92 Å². The second-order valence-electron chi connectivity index (χ2n) is 6.64. The molecule has 0 unspecified atom stereocenters. The maximum Gasteiger partial charge on any atom is 0.272 e. The van der Waals surface area contributed by atoms with E-state index in [0.29, 0.717) is 12.2 Å². The van der Waals surface area contributed by atoms with Crippen molar-refractivity contribution in [1.82, 2.24) is 20.0 Å². The highest BCUT2D eigenvalue weighted by Gasteiger charge is 2.21. The summed E-state index contributed by atoms with van der Waals surface area (Å²) in [5.41, 5.74) is 2.61. The Bertz CT molecular complexity index is 898. The maximum absolute atomic E-state index is 12.4. The summed E-state index contributed by atoms with van der Waals surface area (Å²) < 4.78 is 7.60. The summed E-state index contributed by atoms with van der Waals surface area (Å²) in [6, 6.07) is 15.8. The predicted molar refractivity (Wildman–Crippen MR) is 97.4 cm³/mol. The summed E-state index contributed by atoms with van der Waals surface area (Å²) in [5, 5.41) is 7.40. The summed E-state index contributed by atoms with van der Waals surface area (Å²) in [6.07, 6.45) is 0. The fourth-order valence-electron chi connectivity index (χ4n) is 3.23. The topological polar surface area (TPSA) is 63.3 Å². The fourth-order valence-corrected chi connectivity index (χ4v) is 3.23. The molecule has 6 nitrogen and oxygen atoms in total. The van der Waals surface area contributed by atoms with Crippen LogP contribution in [0.15, 0.2) is 52.9 Å². The van der Waals surface area contributed by atoms with Crippen molar-refractivity contribution in [3.8, 4) is 0 Å². The number of fused-ring (bicyclic) bond motifs is 1. The minimum Gasteiger partial charge on any atom is -0.465 e. The van der Waals surface area contributed by atoms with Crippen LogP contribution in [0.3, 0.4) is 0 Å². The van der Waals surface area contributed by atoms with Crippen molar-refractivity contribution in [2.24, 2.45) is 0 Å². The molecule has 3 aromatic rings. The third-order valence-corrected chi connectivity index (χ3v) is 4.58. The lowest BCUT2D eigenvalue weighted by Gasteiger charge is -2.26. The third kappa shape index (κ3) is 3.70. The van der Waals surface area contributed by atoms with Gasteiger partial charge < -0.3 is 9.73 Å². The molecule has 6 heteroatoms. The number of carbonyl (C=O) groups is 1. The molecule has 4 rings (SSSR count). The first-order chi connectivity index (χ1) is 12.7. The van der Waals surface area contributed by atoms with Crippen molar-refractivity contribution >= 4 is 5.91 Å². The molecule has 26 heavy (non-hydrogen) atoms. The minimum absolute atomic E-state index is 0.135. The molecule has 0 saturated carbocycles. The molecule has 0 saturated heterocycles. The smallest absolute Gasteiger partial charge is 0.272 e. The van der Waals surface area contributed by atoms with Crippen molar-refractivity contribution in [3.05, 3.63) is 77.0 Å². The van der Waals surface area contributed by atoms with Gasteiger partial charge in [0.2, 0.25) is 0 Å². The second kappa shape index (κ2) is 7.17. The highest BCUT2D eigenvalue weighted by Crippen LogP contribution is 2.17.